The van der Waals surface area contributed by atoms with Crippen LogP contribution in [0.15, 0.2) is 70.0 Å². The topological polar surface area (TPSA) is 93.7 Å². The zero-order valence-electron chi connectivity index (χ0n) is 18.4. The molecule has 0 aromatic heterocycles. The molecule has 3 aromatic rings. The highest BCUT2D eigenvalue weighted by Gasteiger charge is 2.31. The summed E-state index contributed by atoms with van der Waals surface area (Å²) in [6, 6.07) is 13.8. The number of benzene rings is 3. The van der Waals surface area contributed by atoms with Gasteiger partial charge in [0.15, 0.2) is 5.75 Å². The van der Waals surface area contributed by atoms with E-state index in [1.165, 1.54) is 7.11 Å². The summed E-state index contributed by atoms with van der Waals surface area (Å²) >= 11 is 3.33. The summed E-state index contributed by atoms with van der Waals surface area (Å²) in [5, 5.41) is 2.78. The van der Waals surface area contributed by atoms with Crippen molar-refractivity contribution in [3.63, 3.8) is 0 Å². The number of amides is 1. The van der Waals surface area contributed by atoms with Gasteiger partial charge in [0.1, 0.15) is 5.75 Å². The van der Waals surface area contributed by atoms with E-state index >= 15 is 0 Å². The van der Waals surface area contributed by atoms with Gasteiger partial charge in [0.05, 0.1) is 22.2 Å². The second-order valence-corrected chi connectivity index (χ2v) is 9.63. The zero-order chi connectivity index (χ0) is 25.8. The van der Waals surface area contributed by atoms with E-state index in [0.29, 0.717) is 27.7 Å². The van der Waals surface area contributed by atoms with Gasteiger partial charge in [0.2, 0.25) is 0 Å². The molecule has 0 aliphatic carbocycles. The van der Waals surface area contributed by atoms with Crippen LogP contribution in [0.3, 0.4) is 0 Å². The van der Waals surface area contributed by atoms with Gasteiger partial charge < -0.3 is 14.8 Å². The van der Waals surface area contributed by atoms with Crippen LogP contribution in [0.5, 0.6) is 11.5 Å². The minimum absolute atomic E-state index is 0.0726. The Kier molecular flexibility index (Phi) is 7.96. The lowest BCUT2D eigenvalue weighted by Crippen LogP contribution is -2.19. The van der Waals surface area contributed by atoms with Crippen LogP contribution < -0.4 is 19.5 Å². The van der Waals surface area contributed by atoms with Crippen molar-refractivity contribution in [1.29, 1.82) is 0 Å². The van der Waals surface area contributed by atoms with Crippen molar-refractivity contribution in [2.24, 2.45) is 0 Å². The average Bonchev–Trinajstić information content (AvgIpc) is 2.79. The maximum absolute atomic E-state index is 13.1. The molecule has 2 N–H and O–H groups in total. The van der Waals surface area contributed by atoms with Crippen LogP contribution in [-0.4, -0.2) is 27.8 Å². The molecule has 186 valence electrons. The van der Waals surface area contributed by atoms with Crippen LogP contribution in [0.4, 0.5) is 24.5 Å². The van der Waals surface area contributed by atoms with Crippen LogP contribution in [0.1, 0.15) is 22.8 Å². The molecule has 0 atom stereocenters. The van der Waals surface area contributed by atoms with Crippen molar-refractivity contribution < 1.29 is 35.9 Å². The molecule has 0 saturated heterocycles. The standard InChI is InChI=1S/C23H20BrF3N2O5S/c1-3-17-19(28-22(30)14-7-5-4-6-8-14)13-18(24)21(33-2)20(17)29-35(31,32)16-11-9-15(10-12-16)34-23(25,26)27/h4-13,29H,3H2,1-2H3,(H,28,30). The Bertz CT molecular complexity index is 1320. The second-order valence-electron chi connectivity index (χ2n) is 7.09. The molecule has 0 radical (unpaired) electrons. The molecular weight excluding hydrogens is 553 g/mol. The predicted octanol–water partition coefficient (Wildman–Crippen LogP) is 5.97. The molecule has 0 heterocycles. The minimum Gasteiger partial charge on any atom is -0.493 e. The summed E-state index contributed by atoms with van der Waals surface area (Å²) in [5.74, 6) is -0.789. The molecule has 0 fully saturated rings. The molecule has 7 nitrogen and oxygen atoms in total. The number of anilines is 2. The maximum Gasteiger partial charge on any atom is 0.573 e. The summed E-state index contributed by atoms with van der Waals surface area (Å²) in [5.41, 5.74) is 1.27. The Morgan fingerprint density at radius 1 is 1.06 bits per heavy atom. The third kappa shape index (κ3) is 6.45. The van der Waals surface area contributed by atoms with Crippen molar-refractivity contribution >= 4 is 43.2 Å². The van der Waals surface area contributed by atoms with E-state index in [1.807, 2.05) is 0 Å². The Balaban J connectivity index is 1.99. The van der Waals surface area contributed by atoms with Gasteiger partial charge in [-0.1, -0.05) is 25.1 Å². The van der Waals surface area contributed by atoms with Crippen LogP contribution in [0.2, 0.25) is 0 Å². The average molecular weight is 573 g/mol. The number of hydrogen-bond donors (Lipinski definition) is 2. The quantitative estimate of drug-likeness (QED) is 0.347. The number of carbonyl (C=O) groups is 1. The molecule has 0 aliphatic rings. The second kappa shape index (κ2) is 10.6. The van der Waals surface area contributed by atoms with Crippen molar-refractivity contribution in [3.8, 4) is 11.5 Å². The Morgan fingerprint density at radius 3 is 2.23 bits per heavy atom. The van der Waals surface area contributed by atoms with Crippen molar-refractivity contribution in [2.75, 3.05) is 17.1 Å². The lowest BCUT2D eigenvalue weighted by atomic mass is 10.1. The van der Waals surface area contributed by atoms with Gasteiger partial charge in [-0.05, 0) is 64.8 Å². The molecule has 0 spiro atoms. The molecule has 1 amide bonds. The number of methoxy groups -OCH3 is 1. The Morgan fingerprint density at radius 2 is 1.69 bits per heavy atom. The molecule has 0 bridgehead atoms. The fraction of sp³-hybridized carbons (Fsp3) is 0.174. The predicted molar refractivity (Wildman–Crippen MR) is 128 cm³/mol. The van der Waals surface area contributed by atoms with Crippen molar-refractivity contribution in [1.82, 2.24) is 0 Å². The van der Waals surface area contributed by atoms with Crippen molar-refractivity contribution in [3.05, 3.63) is 76.3 Å². The smallest absolute Gasteiger partial charge is 0.493 e. The number of sulfonamides is 1. The molecule has 3 rings (SSSR count). The molecule has 3 aromatic carbocycles. The van der Waals surface area contributed by atoms with Crippen LogP contribution in [0.25, 0.3) is 0 Å². The Hall–Kier alpha value is -3.25. The normalized spacial score (nSPS) is 11.6. The SMILES string of the molecule is CCc1c(NC(=O)c2ccccc2)cc(Br)c(OC)c1NS(=O)(=O)c1ccc(OC(F)(F)F)cc1. The van der Waals surface area contributed by atoms with Crippen LogP contribution in [-0.2, 0) is 16.4 Å². The zero-order valence-corrected chi connectivity index (χ0v) is 20.8. The lowest BCUT2D eigenvalue weighted by Gasteiger charge is -2.20. The van der Waals surface area contributed by atoms with E-state index in [1.54, 1.807) is 43.3 Å². The van der Waals surface area contributed by atoms with Gasteiger partial charge in [0.25, 0.3) is 15.9 Å². The van der Waals surface area contributed by atoms with E-state index in [0.717, 1.165) is 24.3 Å². The summed E-state index contributed by atoms with van der Waals surface area (Å²) < 4.78 is 75.3. The highest BCUT2D eigenvalue weighted by Crippen LogP contribution is 2.42. The van der Waals surface area contributed by atoms with E-state index in [-0.39, 0.29) is 16.3 Å². The van der Waals surface area contributed by atoms with E-state index in [9.17, 15) is 26.4 Å². The first-order valence-corrected chi connectivity index (χ1v) is 12.4. The van der Waals surface area contributed by atoms with Gasteiger partial charge in [-0.3, -0.25) is 9.52 Å². The summed E-state index contributed by atoms with van der Waals surface area (Å²) in [6.45, 7) is 1.77. The minimum atomic E-state index is -4.90. The van der Waals surface area contributed by atoms with E-state index in [2.05, 4.69) is 30.7 Å². The number of hydrogen-bond acceptors (Lipinski definition) is 5. The van der Waals surface area contributed by atoms with Gasteiger partial charge in [-0.25, -0.2) is 8.42 Å². The molecule has 0 unspecified atom stereocenters. The van der Waals surface area contributed by atoms with Gasteiger partial charge >= 0.3 is 6.36 Å². The highest BCUT2D eigenvalue weighted by atomic mass is 79.9. The number of rotatable bonds is 8. The first-order chi connectivity index (χ1) is 16.4. The largest absolute Gasteiger partial charge is 0.573 e. The lowest BCUT2D eigenvalue weighted by molar-refractivity contribution is -0.274. The fourth-order valence-electron chi connectivity index (χ4n) is 3.25. The van der Waals surface area contributed by atoms with Gasteiger partial charge in [0, 0.05) is 16.8 Å². The fourth-order valence-corrected chi connectivity index (χ4v) is 4.94. The first-order valence-electron chi connectivity index (χ1n) is 10.1. The monoisotopic (exact) mass is 572 g/mol. The maximum atomic E-state index is 13.1. The molecule has 0 saturated carbocycles. The van der Waals surface area contributed by atoms with E-state index < -0.39 is 28.0 Å². The molecule has 35 heavy (non-hydrogen) atoms. The third-order valence-corrected chi connectivity index (χ3v) is 6.74. The Labute approximate surface area is 208 Å². The first kappa shape index (κ1) is 26.4. The number of carbonyl (C=O) groups excluding carboxylic acids is 1. The highest BCUT2D eigenvalue weighted by molar-refractivity contribution is 9.10. The number of nitrogens with one attached hydrogen (secondary N) is 2. The van der Waals surface area contributed by atoms with E-state index in [4.69, 9.17) is 4.74 Å². The molecule has 12 heteroatoms. The van der Waals surface area contributed by atoms with Gasteiger partial charge in [-0.15, -0.1) is 13.2 Å². The third-order valence-electron chi connectivity index (χ3n) is 4.79. The molecular formula is C23H20BrF3N2O5S. The summed E-state index contributed by atoms with van der Waals surface area (Å²) in [6.07, 6.45) is -4.59. The number of halogens is 4. The van der Waals surface area contributed by atoms with Crippen molar-refractivity contribution in [2.45, 2.75) is 24.6 Å². The number of ether oxygens (including phenoxy) is 2. The number of alkyl halides is 3. The summed E-state index contributed by atoms with van der Waals surface area (Å²) in [7, 11) is -2.90. The summed E-state index contributed by atoms with van der Waals surface area (Å²) in [4.78, 5) is 12.4. The van der Waals surface area contributed by atoms with Crippen LogP contribution >= 0.6 is 15.9 Å². The molecule has 0 aliphatic heterocycles. The van der Waals surface area contributed by atoms with Crippen LogP contribution in [0, 0.1) is 0 Å². The van der Waals surface area contributed by atoms with Gasteiger partial charge in [-0.2, -0.15) is 0 Å².